The molecule has 0 radical (unpaired) electrons. The Morgan fingerprint density at radius 1 is 1.27 bits per heavy atom. The minimum Gasteiger partial charge on any atom is -0.327 e. The van der Waals surface area contributed by atoms with E-state index >= 15 is 0 Å². The molecule has 1 aromatic carbocycles. The summed E-state index contributed by atoms with van der Waals surface area (Å²) in [5.74, 6) is 0. The molecule has 0 aliphatic heterocycles. The fourth-order valence-electron chi connectivity index (χ4n) is 2.09. The number of rotatable bonds is 4. The van der Waals surface area contributed by atoms with Crippen LogP contribution in [0.2, 0.25) is 0 Å². The molecule has 2 N–H and O–H groups in total. The molecule has 1 aromatic rings. The number of nitrogens with two attached hydrogens (primary N) is 1. The first-order valence-electron chi connectivity index (χ1n) is 5.47. The standard InChI is InChI=1S/C14H21N/c1-5-6-13(15)9-14-11(3)7-10(2)8-12(14)4/h5,7-8,13H,1,6,9,15H2,2-4H3. The highest BCUT2D eigenvalue weighted by Crippen LogP contribution is 2.18. The number of benzene rings is 1. The van der Waals surface area contributed by atoms with Gasteiger partial charge in [-0.25, -0.2) is 0 Å². The normalized spacial score (nSPS) is 12.5. The zero-order chi connectivity index (χ0) is 11.4. The molecule has 0 spiro atoms. The van der Waals surface area contributed by atoms with Gasteiger partial charge in [-0.05, 0) is 50.3 Å². The van der Waals surface area contributed by atoms with Crippen molar-refractivity contribution in [1.82, 2.24) is 0 Å². The van der Waals surface area contributed by atoms with E-state index in [1.54, 1.807) is 0 Å². The Morgan fingerprint density at radius 3 is 2.27 bits per heavy atom. The average Bonchev–Trinajstić information content (AvgIpc) is 2.11. The van der Waals surface area contributed by atoms with Crippen LogP contribution in [0.25, 0.3) is 0 Å². The molecule has 0 amide bonds. The second-order valence-corrected chi connectivity index (χ2v) is 4.37. The smallest absolute Gasteiger partial charge is 0.0114 e. The van der Waals surface area contributed by atoms with Gasteiger partial charge < -0.3 is 5.73 Å². The summed E-state index contributed by atoms with van der Waals surface area (Å²) in [5, 5.41) is 0. The molecule has 1 nitrogen and oxygen atoms in total. The summed E-state index contributed by atoms with van der Waals surface area (Å²) in [7, 11) is 0. The fraction of sp³-hybridized carbons (Fsp3) is 0.429. The molecule has 0 saturated carbocycles. The van der Waals surface area contributed by atoms with Crippen molar-refractivity contribution in [3.05, 3.63) is 47.0 Å². The average molecular weight is 203 g/mol. The molecule has 0 saturated heterocycles. The van der Waals surface area contributed by atoms with Gasteiger partial charge in [0.2, 0.25) is 0 Å². The van der Waals surface area contributed by atoms with Crippen molar-refractivity contribution < 1.29 is 0 Å². The van der Waals surface area contributed by atoms with E-state index in [1.165, 1.54) is 22.3 Å². The summed E-state index contributed by atoms with van der Waals surface area (Å²) >= 11 is 0. The maximum Gasteiger partial charge on any atom is 0.0114 e. The molecular weight excluding hydrogens is 182 g/mol. The summed E-state index contributed by atoms with van der Waals surface area (Å²) < 4.78 is 0. The zero-order valence-corrected chi connectivity index (χ0v) is 10.0. The minimum atomic E-state index is 0.197. The molecule has 1 rings (SSSR count). The second-order valence-electron chi connectivity index (χ2n) is 4.37. The number of hydrogen-bond acceptors (Lipinski definition) is 1. The van der Waals surface area contributed by atoms with Gasteiger partial charge in [0.15, 0.2) is 0 Å². The van der Waals surface area contributed by atoms with Crippen LogP contribution in [0.15, 0.2) is 24.8 Å². The maximum absolute atomic E-state index is 6.02. The van der Waals surface area contributed by atoms with Crippen LogP contribution in [0.3, 0.4) is 0 Å². The van der Waals surface area contributed by atoms with Crippen molar-refractivity contribution in [3.63, 3.8) is 0 Å². The third kappa shape index (κ3) is 3.21. The topological polar surface area (TPSA) is 26.0 Å². The molecule has 0 aromatic heterocycles. The highest BCUT2D eigenvalue weighted by atomic mass is 14.6. The fourth-order valence-corrected chi connectivity index (χ4v) is 2.09. The van der Waals surface area contributed by atoms with Crippen molar-refractivity contribution in [3.8, 4) is 0 Å². The molecular formula is C14H21N. The van der Waals surface area contributed by atoms with Gasteiger partial charge in [-0.3, -0.25) is 0 Å². The monoisotopic (exact) mass is 203 g/mol. The Balaban J connectivity index is 2.89. The van der Waals surface area contributed by atoms with E-state index in [-0.39, 0.29) is 6.04 Å². The largest absolute Gasteiger partial charge is 0.327 e. The van der Waals surface area contributed by atoms with Gasteiger partial charge in [-0.15, -0.1) is 6.58 Å². The highest BCUT2D eigenvalue weighted by Gasteiger charge is 2.08. The Morgan fingerprint density at radius 2 is 1.80 bits per heavy atom. The van der Waals surface area contributed by atoms with Crippen molar-refractivity contribution in [2.45, 2.75) is 39.7 Å². The number of aryl methyl sites for hydroxylation is 3. The van der Waals surface area contributed by atoms with Crippen LogP contribution < -0.4 is 5.73 Å². The lowest BCUT2D eigenvalue weighted by molar-refractivity contribution is 0.674. The third-order valence-electron chi connectivity index (χ3n) is 2.78. The van der Waals surface area contributed by atoms with Crippen molar-refractivity contribution in [1.29, 1.82) is 0 Å². The van der Waals surface area contributed by atoms with E-state index in [0.29, 0.717) is 0 Å². The molecule has 0 aliphatic carbocycles. The SMILES string of the molecule is C=CCC(N)Cc1c(C)cc(C)cc1C. The zero-order valence-electron chi connectivity index (χ0n) is 10.0. The molecule has 15 heavy (non-hydrogen) atoms. The van der Waals surface area contributed by atoms with Crippen LogP contribution in [0.5, 0.6) is 0 Å². The van der Waals surface area contributed by atoms with Crippen molar-refractivity contribution in [2.24, 2.45) is 5.73 Å². The van der Waals surface area contributed by atoms with Crippen LogP contribution in [-0.2, 0) is 6.42 Å². The molecule has 1 heteroatoms. The van der Waals surface area contributed by atoms with E-state index in [4.69, 9.17) is 5.73 Å². The second kappa shape index (κ2) is 5.13. The maximum atomic E-state index is 6.02. The summed E-state index contributed by atoms with van der Waals surface area (Å²) in [4.78, 5) is 0. The lowest BCUT2D eigenvalue weighted by Crippen LogP contribution is -2.22. The van der Waals surface area contributed by atoms with Gasteiger partial charge in [0, 0.05) is 6.04 Å². The summed E-state index contributed by atoms with van der Waals surface area (Å²) in [6, 6.07) is 4.65. The molecule has 1 atom stereocenters. The first kappa shape index (κ1) is 12.0. The Kier molecular flexibility index (Phi) is 4.10. The Bertz CT molecular complexity index is 329. The summed E-state index contributed by atoms with van der Waals surface area (Å²) in [6.07, 6.45) is 3.72. The van der Waals surface area contributed by atoms with Gasteiger partial charge in [-0.1, -0.05) is 23.8 Å². The van der Waals surface area contributed by atoms with Crippen LogP contribution >= 0.6 is 0 Å². The van der Waals surface area contributed by atoms with Crippen molar-refractivity contribution in [2.75, 3.05) is 0 Å². The van der Waals surface area contributed by atoms with E-state index < -0.39 is 0 Å². The molecule has 0 fully saturated rings. The molecule has 0 bridgehead atoms. The van der Waals surface area contributed by atoms with E-state index in [2.05, 4.69) is 39.5 Å². The lowest BCUT2D eigenvalue weighted by atomic mass is 9.94. The van der Waals surface area contributed by atoms with Crippen molar-refractivity contribution >= 4 is 0 Å². The Hall–Kier alpha value is -1.08. The van der Waals surface area contributed by atoms with E-state index in [0.717, 1.165) is 12.8 Å². The third-order valence-corrected chi connectivity index (χ3v) is 2.78. The highest BCUT2D eigenvalue weighted by molar-refractivity contribution is 5.38. The van der Waals surface area contributed by atoms with Gasteiger partial charge >= 0.3 is 0 Å². The predicted molar refractivity (Wildman–Crippen MR) is 67.1 cm³/mol. The lowest BCUT2D eigenvalue weighted by Gasteiger charge is -2.15. The van der Waals surface area contributed by atoms with Crippen LogP contribution in [0.4, 0.5) is 0 Å². The van der Waals surface area contributed by atoms with Gasteiger partial charge in [0.1, 0.15) is 0 Å². The summed E-state index contributed by atoms with van der Waals surface area (Å²) in [5.41, 5.74) is 11.5. The van der Waals surface area contributed by atoms with Gasteiger partial charge in [0.25, 0.3) is 0 Å². The minimum absolute atomic E-state index is 0.197. The quantitative estimate of drug-likeness (QED) is 0.748. The first-order valence-corrected chi connectivity index (χ1v) is 5.47. The molecule has 0 aliphatic rings. The summed E-state index contributed by atoms with van der Waals surface area (Å²) in [6.45, 7) is 10.2. The molecule has 0 heterocycles. The van der Waals surface area contributed by atoms with Crippen LogP contribution in [0, 0.1) is 20.8 Å². The van der Waals surface area contributed by atoms with Crippen LogP contribution in [0.1, 0.15) is 28.7 Å². The number of hydrogen-bond donors (Lipinski definition) is 1. The Labute approximate surface area is 93.0 Å². The first-order chi connectivity index (χ1) is 7.04. The molecule has 82 valence electrons. The van der Waals surface area contributed by atoms with Gasteiger partial charge in [-0.2, -0.15) is 0 Å². The van der Waals surface area contributed by atoms with E-state index in [1.807, 2.05) is 6.08 Å². The predicted octanol–water partition coefficient (Wildman–Crippen LogP) is 3.06. The van der Waals surface area contributed by atoms with Crippen LogP contribution in [-0.4, -0.2) is 6.04 Å². The molecule has 1 unspecified atom stereocenters. The van der Waals surface area contributed by atoms with Gasteiger partial charge in [0.05, 0.1) is 0 Å². The van der Waals surface area contributed by atoms with E-state index in [9.17, 15) is 0 Å².